The third-order valence-electron chi connectivity index (χ3n) is 2.02. The van der Waals surface area contributed by atoms with E-state index in [0.29, 0.717) is 5.56 Å². The monoisotopic (exact) mass is 293 g/mol. The van der Waals surface area contributed by atoms with Crippen LogP contribution in [0.2, 0.25) is 0 Å². The molecule has 0 aliphatic heterocycles. The second-order valence-electron chi connectivity index (χ2n) is 3.01. The van der Waals surface area contributed by atoms with Crippen molar-refractivity contribution in [1.29, 1.82) is 0 Å². The lowest BCUT2D eigenvalue weighted by molar-refractivity contribution is -0.0259. The Hall–Kier alpha value is -0.430. The summed E-state index contributed by atoms with van der Waals surface area (Å²) in [6.07, 6.45) is 0. The first kappa shape index (κ1) is 12.6. The zero-order chi connectivity index (χ0) is 11.6. The van der Waals surface area contributed by atoms with Crippen molar-refractivity contribution in [2.75, 3.05) is 14.2 Å². The van der Waals surface area contributed by atoms with E-state index in [1.54, 1.807) is 25.1 Å². The van der Waals surface area contributed by atoms with E-state index in [4.69, 9.17) is 4.84 Å². The molecule has 84 valence electrons. The third-order valence-corrected chi connectivity index (χ3v) is 4.34. The van der Waals surface area contributed by atoms with Crippen molar-refractivity contribution in [2.24, 2.45) is 0 Å². The molecule has 0 aromatic heterocycles. The number of halogens is 1. The van der Waals surface area contributed by atoms with Gasteiger partial charge in [-0.2, -0.15) is 0 Å². The summed E-state index contributed by atoms with van der Waals surface area (Å²) in [5, 5.41) is 0. The fourth-order valence-corrected chi connectivity index (χ4v) is 2.83. The van der Waals surface area contributed by atoms with Gasteiger partial charge in [-0.3, -0.25) is 4.84 Å². The van der Waals surface area contributed by atoms with Crippen molar-refractivity contribution in [3.05, 3.63) is 28.2 Å². The summed E-state index contributed by atoms with van der Waals surface area (Å²) in [6, 6.07) is 5.09. The average Bonchev–Trinajstić information content (AvgIpc) is 2.20. The fourth-order valence-electron chi connectivity index (χ4n) is 1.09. The molecular formula is C9H12BrNO3S. The van der Waals surface area contributed by atoms with Crippen LogP contribution in [0.5, 0.6) is 0 Å². The largest absolute Gasteiger partial charge is 0.288 e. The van der Waals surface area contributed by atoms with Crippen molar-refractivity contribution in [3.63, 3.8) is 0 Å². The molecule has 0 heterocycles. The quantitative estimate of drug-likeness (QED) is 0.800. The molecule has 0 spiro atoms. The minimum absolute atomic E-state index is 0.237. The van der Waals surface area contributed by atoms with Gasteiger partial charge in [-0.05, 0) is 24.6 Å². The van der Waals surface area contributed by atoms with E-state index in [1.165, 1.54) is 14.2 Å². The molecule has 1 aromatic rings. The first-order valence-corrected chi connectivity index (χ1v) is 6.42. The van der Waals surface area contributed by atoms with Gasteiger partial charge in [0.1, 0.15) is 0 Å². The van der Waals surface area contributed by atoms with E-state index in [-0.39, 0.29) is 4.90 Å². The standard InChI is InChI=1S/C9H12BrNO3S/c1-7-4-5-8(10)6-9(7)15(12,13)11(2)14-3/h4-6H,1-3H3. The van der Waals surface area contributed by atoms with Crippen molar-refractivity contribution in [3.8, 4) is 0 Å². The number of hydrogen-bond donors (Lipinski definition) is 0. The number of rotatable bonds is 3. The number of hydrogen-bond acceptors (Lipinski definition) is 3. The molecular weight excluding hydrogens is 282 g/mol. The Kier molecular flexibility index (Phi) is 3.88. The molecule has 0 fully saturated rings. The minimum atomic E-state index is -3.56. The third kappa shape index (κ3) is 2.57. The Morgan fingerprint density at radius 1 is 1.40 bits per heavy atom. The van der Waals surface area contributed by atoms with Crippen LogP contribution in [0.25, 0.3) is 0 Å². The summed E-state index contributed by atoms with van der Waals surface area (Å²) in [4.78, 5) is 4.93. The summed E-state index contributed by atoms with van der Waals surface area (Å²) >= 11 is 3.24. The van der Waals surface area contributed by atoms with Crippen molar-refractivity contribution < 1.29 is 13.3 Å². The normalized spacial score (nSPS) is 12.1. The van der Waals surface area contributed by atoms with Gasteiger partial charge in [0.05, 0.1) is 12.0 Å². The number of hydroxylamine groups is 1. The van der Waals surface area contributed by atoms with Gasteiger partial charge in [0, 0.05) is 11.5 Å². The molecule has 1 aromatic carbocycles. The summed E-state index contributed by atoms with van der Waals surface area (Å²) in [5.41, 5.74) is 0.683. The first-order valence-electron chi connectivity index (χ1n) is 4.19. The molecule has 0 unspecified atom stereocenters. The molecule has 4 nitrogen and oxygen atoms in total. The maximum Gasteiger partial charge on any atom is 0.265 e. The van der Waals surface area contributed by atoms with Crippen molar-refractivity contribution in [1.82, 2.24) is 4.47 Å². The van der Waals surface area contributed by atoms with E-state index in [1.807, 2.05) is 0 Å². The van der Waals surface area contributed by atoms with E-state index in [0.717, 1.165) is 8.94 Å². The molecule has 1 rings (SSSR count). The van der Waals surface area contributed by atoms with Gasteiger partial charge in [0.15, 0.2) is 0 Å². The van der Waals surface area contributed by atoms with Gasteiger partial charge in [0.25, 0.3) is 10.0 Å². The van der Waals surface area contributed by atoms with Crippen LogP contribution in [0.4, 0.5) is 0 Å². The van der Waals surface area contributed by atoms with Gasteiger partial charge in [-0.15, -0.1) is 0 Å². The van der Waals surface area contributed by atoms with Gasteiger partial charge in [-0.1, -0.05) is 26.5 Å². The van der Waals surface area contributed by atoms with Gasteiger partial charge in [0.2, 0.25) is 0 Å². The lowest BCUT2D eigenvalue weighted by Gasteiger charge is -2.15. The lowest BCUT2D eigenvalue weighted by atomic mass is 10.2. The topological polar surface area (TPSA) is 46.6 Å². The van der Waals surface area contributed by atoms with E-state index in [2.05, 4.69) is 15.9 Å². The molecule has 0 bridgehead atoms. The molecule has 0 aliphatic rings. The Morgan fingerprint density at radius 2 is 2.00 bits per heavy atom. The van der Waals surface area contributed by atoms with E-state index >= 15 is 0 Å². The van der Waals surface area contributed by atoms with Gasteiger partial charge in [-0.25, -0.2) is 8.42 Å². The summed E-state index contributed by atoms with van der Waals surface area (Å²) in [5.74, 6) is 0. The number of benzene rings is 1. The van der Waals surface area contributed by atoms with Crippen LogP contribution in [0.3, 0.4) is 0 Å². The number of sulfonamides is 1. The highest BCUT2D eigenvalue weighted by Crippen LogP contribution is 2.22. The molecule has 0 N–H and O–H groups in total. The maximum absolute atomic E-state index is 11.9. The van der Waals surface area contributed by atoms with Crippen LogP contribution in [0.1, 0.15) is 5.56 Å². The molecule has 0 atom stereocenters. The zero-order valence-electron chi connectivity index (χ0n) is 8.69. The molecule has 0 aliphatic carbocycles. The first-order chi connectivity index (χ1) is 6.89. The van der Waals surface area contributed by atoms with Crippen LogP contribution in [0, 0.1) is 6.92 Å². The SMILES string of the molecule is CON(C)S(=O)(=O)c1cc(Br)ccc1C. The minimum Gasteiger partial charge on any atom is -0.288 e. The number of aryl methyl sites for hydroxylation is 1. The Balaban J connectivity index is 3.33. The predicted octanol–water partition coefficient (Wildman–Crippen LogP) is 1.94. The zero-order valence-corrected chi connectivity index (χ0v) is 11.1. The molecule has 0 amide bonds. The van der Waals surface area contributed by atoms with Crippen LogP contribution in [0.15, 0.2) is 27.6 Å². The Labute approximate surface area is 98.0 Å². The van der Waals surface area contributed by atoms with Crippen molar-refractivity contribution in [2.45, 2.75) is 11.8 Å². The van der Waals surface area contributed by atoms with Crippen molar-refractivity contribution >= 4 is 26.0 Å². The predicted molar refractivity (Wildman–Crippen MR) is 60.8 cm³/mol. The molecule has 0 radical (unpaired) electrons. The maximum atomic E-state index is 11.9. The summed E-state index contributed by atoms with van der Waals surface area (Å²) in [6.45, 7) is 1.74. The molecule has 15 heavy (non-hydrogen) atoms. The van der Waals surface area contributed by atoms with Gasteiger partial charge < -0.3 is 0 Å². The summed E-state index contributed by atoms with van der Waals surface area (Å²) in [7, 11) is -0.894. The second-order valence-corrected chi connectivity index (χ2v) is 5.83. The van der Waals surface area contributed by atoms with Crippen LogP contribution in [-0.4, -0.2) is 27.0 Å². The smallest absolute Gasteiger partial charge is 0.265 e. The highest BCUT2D eigenvalue weighted by atomic mass is 79.9. The highest BCUT2D eigenvalue weighted by Gasteiger charge is 2.22. The van der Waals surface area contributed by atoms with Crippen LogP contribution in [-0.2, 0) is 14.9 Å². The van der Waals surface area contributed by atoms with Gasteiger partial charge >= 0.3 is 0 Å². The van der Waals surface area contributed by atoms with Crippen LogP contribution < -0.4 is 0 Å². The highest BCUT2D eigenvalue weighted by molar-refractivity contribution is 9.10. The molecule has 0 saturated heterocycles. The average molecular weight is 294 g/mol. The Morgan fingerprint density at radius 3 is 2.53 bits per heavy atom. The van der Waals surface area contributed by atoms with Crippen LogP contribution >= 0.6 is 15.9 Å². The lowest BCUT2D eigenvalue weighted by Crippen LogP contribution is -2.26. The van der Waals surface area contributed by atoms with E-state index < -0.39 is 10.0 Å². The number of nitrogens with zero attached hydrogens (tertiary/aromatic N) is 1. The summed E-state index contributed by atoms with van der Waals surface area (Å²) < 4.78 is 25.4. The second kappa shape index (κ2) is 4.61. The molecule has 6 heteroatoms. The Bertz CT molecular complexity index is 458. The molecule has 0 saturated carbocycles. The van der Waals surface area contributed by atoms with E-state index in [9.17, 15) is 8.42 Å². The fraction of sp³-hybridized carbons (Fsp3) is 0.333.